The van der Waals surface area contributed by atoms with Gasteiger partial charge in [-0.05, 0) is 31.0 Å². The van der Waals surface area contributed by atoms with Gasteiger partial charge in [0.05, 0.1) is 7.11 Å². The number of nitrogens with zero attached hydrogens (tertiary/aromatic N) is 1. The third-order valence-electron chi connectivity index (χ3n) is 3.89. The van der Waals surface area contributed by atoms with E-state index in [1.165, 1.54) is 0 Å². The van der Waals surface area contributed by atoms with E-state index in [4.69, 9.17) is 12.2 Å². The van der Waals surface area contributed by atoms with Gasteiger partial charge in [0, 0.05) is 0 Å². The van der Waals surface area contributed by atoms with Crippen LogP contribution in [0.25, 0.3) is 0 Å². The Morgan fingerprint density at radius 3 is 2.50 bits per heavy atom. The molecule has 0 saturated carbocycles. The standard InChI is InChI=1S/C13H20N2O4S/c1-5-7-8(3)13(6-2)9(16)14-11(20)15(10(13)17)12(18)19-4/h8H,5-7H2,1-4H3,(H,14,16,20). The number of hydrogen-bond acceptors (Lipinski definition) is 5. The fourth-order valence-electron chi connectivity index (χ4n) is 2.68. The highest BCUT2D eigenvalue weighted by molar-refractivity contribution is 7.80. The van der Waals surface area contributed by atoms with E-state index in [2.05, 4.69) is 10.1 Å². The first-order valence-electron chi connectivity index (χ1n) is 6.64. The molecule has 2 atom stereocenters. The third-order valence-corrected chi connectivity index (χ3v) is 4.18. The molecule has 0 bridgehead atoms. The van der Waals surface area contributed by atoms with Gasteiger partial charge < -0.3 is 10.1 Å². The maximum absolute atomic E-state index is 12.7. The first-order valence-corrected chi connectivity index (χ1v) is 7.05. The van der Waals surface area contributed by atoms with Crippen molar-refractivity contribution in [2.45, 2.75) is 40.0 Å². The minimum absolute atomic E-state index is 0.194. The zero-order chi connectivity index (χ0) is 15.5. The fourth-order valence-corrected chi connectivity index (χ4v) is 2.93. The Bertz CT molecular complexity index is 452. The minimum Gasteiger partial charge on any atom is -0.452 e. The molecule has 0 aliphatic carbocycles. The lowest BCUT2D eigenvalue weighted by Gasteiger charge is -2.42. The summed E-state index contributed by atoms with van der Waals surface area (Å²) < 4.78 is 4.57. The van der Waals surface area contributed by atoms with E-state index in [0.717, 1.165) is 18.4 Å². The number of nitrogens with one attached hydrogen (secondary N) is 1. The highest BCUT2D eigenvalue weighted by atomic mass is 32.1. The van der Waals surface area contributed by atoms with Crippen LogP contribution in [-0.2, 0) is 14.3 Å². The molecule has 2 unspecified atom stereocenters. The van der Waals surface area contributed by atoms with Crippen LogP contribution in [0.2, 0.25) is 0 Å². The molecule has 0 radical (unpaired) electrons. The summed E-state index contributed by atoms with van der Waals surface area (Å²) in [6.07, 6.45) is 0.970. The predicted octanol–water partition coefficient (Wildman–Crippen LogP) is 1.83. The van der Waals surface area contributed by atoms with E-state index in [1.807, 2.05) is 13.8 Å². The average Bonchev–Trinajstić information content (AvgIpc) is 2.39. The van der Waals surface area contributed by atoms with Crippen LogP contribution in [0.5, 0.6) is 0 Å². The van der Waals surface area contributed by atoms with Gasteiger partial charge in [-0.25, -0.2) is 4.79 Å². The monoisotopic (exact) mass is 300 g/mol. The molecule has 3 amide bonds. The molecule has 0 aromatic heterocycles. The maximum Gasteiger partial charge on any atom is 0.422 e. The van der Waals surface area contributed by atoms with E-state index in [1.54, 1.807) is 6.92 Å². The number of carbonyl (C=O) groups excluding carboxylic acids is 3. The van der Waals surface area contributed by atoms with Crippen LogP contribution in [0.1, 0.15) is 40.0 Å². The van der Waals surface area contributed by atoms with Crippen molar-refractivity contribution in [2.75, 3.05) is 7.11 Å². The SMILES string of the molecule is CCCC(C)C1(CC)C(=O)NC(=S)N(C(=O)OC)C1=O. The van der Waals surface area contributed by atoms with Crippen LogP contribution in [0.3, 0.4) is 0 Å². The molecule has 1 aliphatic rings. The van der Waals surface area contributed by atoms with Gasteiger partial charge >= 0.3 is 6.09 Å². The Balaban J connectivity index is 3.28. The van der Waals surface area contributed by atoms with E-state index in [0.29, 0.717) is 12.8 Å². The largest absolute Gasteiger partial charge is 0.452 e. The fraction of sp³-hybridized carbons (Fsp3) is 0.692. The van der Waals surface area contributed by atoms with Crippen LogP contribution in [-0.4, -0.2) is 35.0 Å². The number of ether oxygens (including phenoxy) is 1. The van der Waals surface area contributed by atoms with Gasteiger partial charge in [-0.15, -0.1) is 0 Å². The molecule has 1 saturated heterocycles. The van der Waals surface area contributed by atoms with Crippen LogP contribution >= 0.6 is 12.2 Å². The summed E-state index contributed by atoms with van der Waals surface area (Å²) in [6.45, 7) is 5.58. The molecule has 20 heavy (non-hydrogen) atoms. The van der Waals surface area contributed by atoms with E-state index in [-0.39, 0.29) is 11.0 Å². The molecule has 1 aliphatic heterocycles. The van der Waals surface area contributed by atoms with Crippen LogP contribution in [0.15, 0.2) is 0 Å². The van der Waals surface area contributed by atoms with Gasteiger partial charge in [-0.1, -0.05) is 27.2 Å². The number of methoxy groups -OCH3 is 1. The average molecular weight is 300 g/mol. The summed E-state index contributed by atoms with van der Waals surface area (Å²) in [6, 6.07) is 0. The van der Waals surface area contributed by atoms with Crippen LogP contribution in [0, 0.1) is 11.3 Å². The number of rotatable bonds is 4. The van der Waals surface area contributed by atoms with Gasteiger partial charge in [0.2, 0.25) is 5.91 Å². The molecule has 1 heterocycles. The molecule has 7 heteroatoms. The van der Waals surface area contributed by atoms with Crippen molar-refractivity contribution in [1.29, 1.82) is 0 Å². The summed E-state index contributed by atoms with van der Waals surface area (Å²) >= 11 is 4.90. The number of hydrogen-bond donors (Lipinski definition) is 1. The lowest BCUT2D eigenvalue weighted by atomic mass is 9.69. The Morgan fingerprint density at radius 1 is 1.45 bits per heavy atom. The highest BCUT2D eigenvalue weighted by Gasteiger charge is 2.56. The van der Waals surface area contributed by atoms with Crippen molar-refractivity contribution < 1.29 is 19.1 Å². The molecule has 112 valence electrons. The Hall–Kier alpha value is -1.50. The summed E-state index contributed by atoms with van der Waals surface area (Å²) in [5.41, 5.74) is -1.27. The molecule has 1 rings (SSSR count). The lowest BCUT2D eigenvalue weighted by molar-refractivity contribution is -0.153. The molecule has 6 nitrogen and oxygen atoms in total. The summed E-state index contributed by atoms with van der Waals surface area (Å²) in [5.74, 6) is -1.22. The minimum atomic E-state index is -1.27. The van der Waals surface area contributed by atoms with Crippen molar-refractivity contribution in [3.05, 3.63) is 0 Å². The highest BCUT2D eigenvalue weighted by Crippen LogP contribution is 2.39. The van der Waals surface area contributed by atoms with Crippen molar-refractivity contribution in [2.24, 2.45) is 11.3 Å². The molecule has 0 aromatic carbocycles. The van der Waals surface area contributed by atoms with E-state index >= 15 is 0 Å². The van der Waals surface area contributed by atoms with Crippen LogP contribution in [0.4, 0.5) is 4.79 Å². The maximum atomic E-state index is 12.7. The predicted molar refractivity (Wildman–Crippen MR) is 76.8 cm³/mol. The van der Waals surface area contributed by atoms with Crippen molar-refractivity contribution >= 4 is 35.2 Å². The van der Waals surface area contributed by atoms with Gasteiger partial charge in [-0.3, -0.25) is 9.59 Å². The van der Waals surface area contributed by atoms with Crippen molar-refractivity contribution in [3.63, 3.8) is 0 Å². The van der Waals surface area contributed by atoms with E-state index < -0.39 is 23.3 Å². The second-order valence-corrected chi connectivity index (χ2v) is 5.27. The first-order chi connectivity index (χ1) is 9.36. The molecule has 0 spiro atoms. The van der Waals surface area contributed by atoms with Crippen molar-refractivity contribution in [1.82, 2.24) is 10.2 Å². The Kier molecular flexibility index (Phi) is 5.21. The van der Waals surface area contributed by atoms with Crippen LogP contribution < -0.4 is 5.32 Å². The zero-order valence-electron chi connectivity index (χ0n) is 12.2. The van der Waals surface area contributed by atoms with Gasteiger partial charge in [0.15, 0.2) is 5.11 Å². The molecule has 1 fully saturated rings. The van der Waals surface area contributed by atoms with Gasteiger partial charge in [0.25, 0.3) is 5.91 Å². The second-order valence-electron chi connectivity index (χ2n) is 4.88. The van der Waals surface area contributed by atoms with Crippen molar-refractivity contribution in [3.8, 4) is 0 Å². The molecular weight excluding hydrogens is 280 g/mol. The summed E-state index contributed by atoms with van der Waals surface area (Å²) in [5, 5.41) is 2.23. The molecular formula is C13H20N2O4S. The molecule has 0 aromatic rings. The number of carbonyl (C=O) groups is 3. The molecule has 1 N–H and O–H groups in total. The number of thiocarbonyl (C=S) groups is 1. The van der Waals surface area contributed by atoms with Gasteiger partial charge in [-0.2, -0.15) is 4.90 Å². The Labute approximate surface area is 123 Å². The lowest BCUT2D eigenvalue weighted by Crippen LogP contribution is -2.66. The van der Waals surface area contributed by atoms with Gasteiger partial charge in [0.1, 0.15) is 5.41 Å². The zero-order valence-corrected chi connectivity index (χ0v) is 13.0. The smallest absolute Gasteiger partial charge is 0.422 e. The Morgan fingerprint density at radius 2 is 2.05 bits per heavy atom. The summed E-state index contributed by atoms with van der Waals surface area (Å²) in [4.78, 5) is 37.5. The number of amides is 3. The third kappa shape index (κ3) is 2.42. The van der Waals surface area contributed by atoms with E-state index in [9.17, 15) is 14.4 Å². The summed E-state index contributed by atoms with van der Waals surface area (Å²) in [7, 11) is 1.16. The normalized spacial score (nSPS) is 24.4. The second kappa shape index (κ2) is 6.30. The number of imide groups is 1. The first kappa shape index (κ1) is 16.6. The quantitative estimate of drug-likeness (QED) is 0.633. The topological polar surface area (TPSA) is 75.7 Å².